The van der Waals surface area contributed by atoms with E-state index in [-0.39, 0.29) is 17.7 Å². The Morgan fingerprint density at radius 3 is 2.62 bits per heavy atom. The van der Waals surface area contributed by atoms with Crippen LogP contribution in [0.25, 0.3) is 10.9 Å². The van der Waals surface area contributed by atoms with Gasteiger partial charge in [-0.2, -0.15) is 0 Å². The summed E-state index contributed by atoms with van der Waals surface area (Å²) in [5.41, 5.74) is 9.33. The van der Waals surface area contributed by atoms with Crippen molar-refractivity contribution in [2.45, 2.75) is 12.8 Å². The van der Waals surface area contributed by atoms with E-state index in [4.69, 9.17) is 0 Å². The smallest absolute Gasteiger partial charge is 0.251 e. The van der Waals surface area contributed by atoms with Gasteiger partial charge in [0.05, 0.1) is 5.69 Å². The molecule has 2 unspecified atom stereocenters. The fourth-order valence-electron chi connectivity index (χ4n) is 3.70. The summed E-state index contributed by atoms with van der Waals surface area (Å²) in [5.74, 6) is -1.56. The van der Waals surface area contributed by atoms with Gasteiger partial charge in [0.1, 0.15) is 5.92 Å². The molecule has 0 spiro atoms. The molecule has 1 fully saturated rings. The van der Waals surface area contributed by atoms with Crippen LogP contribution in [0, 0.1) is 12.8 Å². The first-order chi connectivity index (χ1) is 12.6. The number of hydrogen-bond donors (Lipinski definition) is 4. The summed E-state index contributed by atoms with van der Waals surface area (Å²) in [7, 11) is 0. The second-order valence-electron chi connectivity index (χ2n) is 6.52. The normalized spacial score (nSPS) is 19.3. The van der Waals surface area contributed by atoms with Gasteiger partial charge in [0, 0.05) is 29.1 Å². The number of aryl methyl sites for hydroxylation is 1. The van der Waals surface area contributed by atoms with E-state index in [1.807, 2.05) is 61.5 Å². The number of para-hydroxylation sites is 2. The third-order valence-electron chi connectivity index (χ3n) is 4.88. The minimum Gasteiger partial charge on any atom is -0.358 e. The Kier molecular flexibility index (Phi) is 4.08. The van der Waals surface area contributed by atoms with Crippen LogP contribution in [0.4, 0.5) is 5.69 Å². The van der Waals surface area contributed by atoms with Gasteiger partial charge in [-0.25, -0.2) is 0 Å². The molecule has 1 aliphatic rings. The van der Waals surface area contributed by atoms with Gasteiger partial charge in [0.2, 0.25) is 5.91 Å². The first-order valence-electron chi connectivity index (χ1n) is 8.61. The zero-order valence-electron chi connectivity index (χ0n) is 14.4. The van der Waals surface area contributed by atoms with E-state index >= 15 is 0 Å². The Morgan fingerprint density at radius 2 is 1.81 bits per heavy atom. The van der Waals surface area contributed by atoms with Gasteiger partial charge < -0.3 is 10.3 Å². The fourth-order valence-corrected chi connectivity index (χ4v) is 3.70. The van der Waals surface area contributed by atoms with Crippen molar-refractivity contribution < 1.29 is 9.59 Å². The van der Waals surface area contributed by atoms with E-state index in [0.29, 0.717) is 6.54 Å². The monoisotopic (exact) mass is 348 g/mol. The molecule has 1 aromatic heterocycles. The predicted octanol–water partition coefficient (Wildman–Crippen LogP) is 2.45. The zero-order valence-corrected chi connectivity index (χ0v) is 14.4. The molecule has 0 radical (unpaired) electrons. The third kappa shape index (κ3) is 2.79. The number of benzene rings is 2. The van der Waals surface area contributed by atoms with Crippen LogP contribution in [-0.4, -0.2) is 23.3 Å². The maximum Gasteiger partial charge on any atom is 0.251 e. The number of hydrogen-bond acceptors (Lipinski definition) is 3. The van der Waals surface area contributed by atoms with Crippen molar-refractivity contribution in [2.24, 2.45) is 5.92 Å². The zero-order chi connectivity index (χ0) is 18.1. The Balaban J connectivity index is 1.61. The van der Waals surface area contributed by atoms with Crippen LogP contribution in [0.15, 0.2) is 54.6 Å². The van der Waals surface area contributed by atoms with Crippen molar-refractivity contribution in [2.75, 3.05) is 12.0 Å². The molecule has 132 valence electrons. The molecule has 0 saturated carbocycles. The molecule has 1 saturated heterocycles. The molecular formula is C20H20N4O2. The van der Waals surface area contributed by atoms with Crippen molar-refractivity contribution in [3.05, 3.63) is 65.9 Å². The van der Waals surface area contributed by atoms with E-state index in [1.165, 1.54) is 0 Å². The van der Waals surface area contributed by atoms with E-state index < -0.39 is 5.92 Å². The first-order valence-corrected chi connectivity index (χ1v) is 8.61. The third-order valence-corrected chi connectivity index (χ3v) is 4.88. The number of amides is 2. The average Bonchev–Trinajstić information content (AvgIpc) is 3.19. The van der Waals surface area contributed by atoms with E-state index in [1.54, 1.807) is 0 Å². The molecule has 6 nitrogen and oxygen atoms in total. The van der Waals surface area contributed by atoms with Gasteiger partial charge in [0.25, 0.3) is 5.91 Å². The SMILES string of the molecule is Cc1[nH]c2ccccc2c1C1CNC(=O)C1C(=O)NNc1ccccc1. The molecule has 2 atom stereocenters. The number of carbonyl (C=O) groups excluding carboxylic acids is 2. The highest BCUT2D eigenvalue weighted by Gasteiger charge is 2.42. The summed E-state index contributed by atoms with van der Waals surface area (Å²) in [4.78, 5) is 28.5. The quantitative estimate of drug-likeness (QED) is 0.431. The van der Waals surface area contributed by atoms with Crippen LogP contribution in [0.2, 0.25) is 0 Å². The standard InChI is InChI=1S/C20H20N4O2/c1-12-17(14-9-5-6-10-16(14)22-12)15-11-21-19(25)18(15)20(26)24-23-13-7-3-2-4-8-13/h2-10,15,18,22-23H,11H2,1H3,(H,21,25)(H,24,26). The van der Waals surface area contributed by atoms with Crippen LogP contribution in [-0.2, 0) is 9.59 Å². The first kappa shape index (κ1) is 16.2. The number of carbonyl (C=O) groups is 2. The van der Waals surface area contributed by atoms with Gasteiger partial charge in [-0.05, 0) is 30.7 Å². The Bertz CT molecular complexity index is 964. The number of nitrogens with one attached hydrogen (secondary N) is 4. The maximum atomic E-state index is 12.7. The molecule has 2 amide bonds. The lowest BCUT2D eigenvalue weighted by atomic mass is 9.86. The van der Waals surface area contributed by atoms with Crippen LogP contribution in [0.5, 0.6) is 0 Å². The van der Waals surface area contributed by atoms with Gasteiger partial charge in [-0.1, -0.05) is 36.4 Å². The van der Waals surface area contributed by atoms with Crippen LogP contribution < -0.4 is 16.2 Å². The fraction of sp³-hybridized carbons (Fsp3) is 0.200. The summed E-state index contributed by atoms with van der Waals surface area (Å²) in [5, 5.41) is 3.89. The lowest BCUT2D eigenvalue weighted by Gasteiger charge is -2.18. The topological polar surface area (TPSA) is 86.0 Å². The molecule has 2 aromatic carbocycles. The average molecular weight is 348 g/mol. The van der Waals surface area contributed by atoms with Gasteiger partial charge in [-0.3, -0.25) is 20.4 Å². The highest BCUT2D eigenvalue weighted by Crippen LogP contribution is 2.36. The molecule has 0 bridgehead atoms. The molecule has 4 N–H and O–H groups in total. The minimum atomic E-state index is -0.774. The molecule has 2 heterocycles. The van der Waals surface area contributed by atoms with E-state index in [0.717, 1.165) is 27.8 Å². The van der Waals surface area contributed by atoms with Crippen molar-refractivity contribution in [3.63, 3.8) is 0 Å². The van der Waals surface area contributed by atoms with Crippen molar-refractivity contribution in [3.8, 4) is 0 Å². The summed E-state index contributed by atoms with van der Waals surface area (Å²) >= 11 is 0. The number of anilines is 1. The predicted molar refractivity (Wildman–Crippen MR) is 100 cm³/mol. The van der Waals surface area contributed by atoms with E-state index in [2.05, 4.69) is 21.2 Å². The summed E-state index contributed by atoms with van der Waals surface area (Å²) in [6, 6.07) is 17.3. The Labute approximate surface area is 151 Å². The molecule has 4 rings (SSSR count). The molecule has 1 aliphatic heterocycles. The van der Waals surface area contributed by atoms with Crippen molar-refractivity contribution >= 4 is 28.4 Å². The molecule has 0 aliphatic carbocycles. The maximum absolute atomic E-state index is 12.7. The molecule has 3 aromatic rings. The minimum absolute atomic E-state index is 0.212. The summed E-state index contributed by atoms with van der Waals surface area (Å²) in [6.07, 6.45) is 0. The number of fused-ring (bicyclic) bond motifs is 1. The summed E-state index contributed by atoms with van der Waals surface area (Å²) in [6.45, 7) is 2.43. The second kappa shape index (κ2) is 6.55. The Morgan fingerprint density at radius 1 is 1.08 bits per heavy atom. The highest BCUT2D eigenvalue weighted by atomic mass is 16.2. The number of H-pyrrole nitrogens is 1. The molecular weight excluding hydrogens is 328 g/mol. The largest absolute Gasteiger partial charge is 0.358 e. The van der Waals surface area contributed by atoms with Crippen LogP contribution in [0.3, 0.4) is 0 Å². The van der Waals surface area contributed by atoms with Crippen molar-refractivity contribution in [1.29, 1.82) is 0 Å². The molecule has 26 heavy (non-hydrogen) atoms. The summed E-state index contributed by atoms with van der Waals surface area (Å²) < 4.78 is 0. The lowest BCUT2D eigenvalue weighted by Crippen LogP contribution is -2.40. The number of hydrazine groups is 1. The van der Waals surface area contributed by atoms with Crippen LogP contribution in [0.1, 0.15) is 17.2 Å². The lowest BCUT2D eigenvalue weighted by molar-refractivity contribution is -0.133. The highest BCUT2D eigenvalue weighted by molar-refractivity contribution is 6.04. The number of aromatic amines is 1. The number of aromatic nitrogens is 1. The van der Waals surface area contributed by atoms with Crippen LogP contribution >= 0.6 is 0 Å². The van der Waals surface area contributed by atoms with Gasteiger partial charge >= 0.3 is 0 Å². The second-order valence-corrected chi connectivity index (χ2v) is 6.52. The number of rotatable bonds is 4. The van der Waals surface area contributed by atoms with Crippen molar-refractivity contribution in [1.82, 2.24) is 15.7 Å². The molecule has 6 heteroatoms. The van der Waals surface area contributed by atoms with E-state index in [9.17, 15) is 9.59 Å². The van der Waals surface area contributed by atoms with Gasteiger partial charge in [-0.15, -0.1) is 0 Å². The van der Waals surface area contributed by atoms with Gasteiger partial charge in [0.15, 0.2) is 0 Å². The Hall–Kier alpha value is -3.28.